The Bertz CT molecular complexity index is 798. The second-order valence-corrected chi connectivity index (χ2v) is 7.21. The van der Waals surface area contributed by atoms with E-state index in [0.29, 0.717) is 21.4 Å². The summed E-state index contributed by atoms with van der Waals surface area (Å²) in [5.41, 5.74) is 4.95. The molecule has 2 aromatic heterocycles. The van der Waals surface area contributed by atoms with Crippen LogP contribution in [0.2, 0.25) is 10.0 Å². The van der Waals surface area contributed by atoms with Crippen LogP contribution in [-0.4, -0.2) is 15.9 Å². The van der Waals surface area contributed by atoms with Crippen molar-refractivity contribution in [3.05, 3.63) is 58.1 Å². The van der Waals surface area contributed by atoms with Crippen molar-refractivity contribution in [1.82, 2.24) is 9.97 Å². The van der Waals surface area contributed by atoms with E-state index in [1.807, 2.05) is 0 Å². The molecule has 0 bridgehead atoms. The van der Waals surface area contributed by atoms with Gasteiger partial charge in [0.15, 0.2) is 0 Å². The van der Waals surface area contributed by atoms with E-state index >= 15 is 0 Å². The van der Waals surface area contributed by atoms with E-state index in [4.69, 9.17) is 34.2 Å². The zero-order chi connectivity index (χ0) is 19.3. The first-order chi connectivity index (χ1) is 11.5. The number of nitrogens with two attached hydrogens (primary N) is 1. The molecule has 2 rings (SSSR count). The third-order valence-corrected chi connectivity index (χ3v) is 4.21. The highest BCUT2D eigenvalue weighted by molar-refractivity contribution is 6.31. The van der Waals surface area contributed by atoms with Crippen LogP contribution in [0.1, 0.15) is 39.1 Å². The van der Waals surface area contributed by atoms with Gasteiger partial charge in [0.25, 0.3) is 0 Å². The summed E-state index contributed by atoms with van der Waals surface area (Å²) in [6.45, 7) is 6.98. The zero-order valence-electron chi connectivity index (χ0n) is 14.5. The molecular formula is C18H20Cl2N4O. The van der Waals surface area contributed by atoms with Gasteiger partial charge >= 0.3 is 0 Å². The van der Waals surface area contributed by atoms with Crippen molar-refractivity contribution in [1.29, 1.82) is 5.26 Å². The summed E-state index contributed by atoms with van der Waals surface area (Å²) >= 11 is 11.8. The first kappa shape index (κ1) is 20.9. The lowest BCUT2D eigenvalue weighted by atomic mass is 9.88. The number of primary amides is 1. The predicted molar refractivity (Wildman–Crippen MR) is 99.4 cm³/mol. The lowest BCUT2D eigenvalue weighted by Gasteiger charge is -2.20. The van der Waals surface area contributed by atoms with Crippen LogP contribution in [-0.2, 0) is 15.6 Å². The van der Waals surface area contributed by atoms with Gasteiger partial charge in [0.1, 0.15) is 0 Å². The summed E-state index contributed by atoms with van der Waals surface area (Å²) in [4.78, 5) is 19.2. The monoisotopic (exact) mass is 378 g/mol. The normalized spacial score (nSPS) is 11.1. The molecule has 0 aromatic carbocycles. The van der Waals surface area contributed by atoms with Crippen molar-refractivity contribution in [3.8, 4) is 6.07 Å². The van der Waals surface area contributed by atoms with Gasteiger partial charge in [0.05, 0.1) is 38.3 Å². The highest BCUT2D eigenvalue weighted by atomic mass is 35.5. The minimum atomic E-state index is -0.821. The summed E-state index contributed by atoms with van der Waals surface area (Å²) in [6.07, 6.45) is 3.23. The van der Waals surface area contributed by atoms with Crippen LogP contribution in [0.5, 0.6) is 0 Å². The van der Waals surface area contributed by atoms with Crippen LogP contribution in [0, 0.1) is 11.3 Å². The van der Waals surface area contributed by atoms with E-state index in [1.54, 1.807) is 64.4 Å². The molecule has 0 saturated carbocycles. The number of hydrogen-bond acceptors (Lipinski definition) is 4. The van der Waals surface area contributed by atoms with E-state index in [-0.39, 0.29) is 0 Å². The van der Waals surface area contributed by atoms with Gasteiger partial charge in [-0.1, -0.05) is 23.2 Å². The molecule has 5 nitrogen and oxygen atoms in total. The number of pyridine rings is 2. The van der Waals surface area contributed by atoms with Crippen LogP contribution < -0.4 is 5.73 Å². The summed E-state index contributed by atoms with van der Waals surface area (Å²) in [5, 5.41) is 9.83. The molecule has 1 amide bonds. The molecule has 0 spiro atoms. The Morgan fingerprint density at radius 2 is 1.48 bits per heavy atom. The fourth-order valence-electron chi connectivity index (χ4n) is 1.86. The number of carbonyl (C=O) groups excluding carboxylic acids is 1. The third-order valence-electron chi connectivity index (χ3n) is 3.60. The van der Waals surface area contributed by atoms with Gasteiger partial charge in [-0.3, -0.25) is 14.8 Å². The van der Waals surface area contributed by atoms with Gasteiger partial charge in [-0.2, -0.15) is 5.26 Å². The molecule has 0 fully saturated rings. The van der Waals surface area contributed by atoms with E-state index < -0.39 is 16.7 Å². The molecule has 2 heterocycles. The van der Waals surface area contributed by atoms with Gasteiger partial charge < -0.3 is 5.73 Å². The third kappa shape index (κ3) is 5.15. The maximum atomic E-state index is 11.1. The van der Waals surface area contributed by atoms with Crippen LogP contribution in [0.3, 0.4) is 0 Å². The summed E-state index contributed by atoms with van der Waals surface area (Å²) < 4.78 is 0. The fraction of sp³-hybridized carbons (Fsp3) is 0.333. The highest BCUT2D eigenvalue weighted by Gasteiger charge is 2.30. The van der Waals surface area contributed by atoms with Crippen LogP contribution in [0.15, 0.2) is 36.7 Å². The highest BCUT2D eigenvalue weighted by Crippen LogP contribution is 2.27. The lowest BCUT2D eigenvalue weighted by Crippen LogP contribution is -2.36. The molecule has 0 aliphatic heterocycles. The number of aromatic nitrogens is 2. The number of rotatable bonds is 3. The van der Waals surface area contributed by atoms with Crippen molar-refractivity contribution in [3.63, 3.8) is 0 Å². The Labute approximate surface area is 157 Å². The summed E-state index contributed by atoms with van der Waals surface area (Å²) in [6, 6.07) is 9.04. The van der Waals surface area contributed by atoms with Crippen molar-refractivity contribution in [2.45, 2.75) is 38.5 Å². The minimum absolute atomic E-state index is 0.437. The molecule has 2 aromatic rings. The molecule has 0 atom stereocenters. The quantitative estimate of drug-likeness (QED) is 0.871. The number of halogens is 2. The standard InChI is InChI=1S/C9H11ClN2O.C9H9ClN2/c1-9(2,8(11)13)7-6(10)4-3-5-12-7;1-9(2,6-11)8-7(10)4-3-5-12-8/h3-5H,1-2H3,(H2,11,13);3-5H,1-2H3. The van der Waals surface area contributed by atoms with Gasteiger partial charge in [-0.25, -0.2) is 0 Å². The number of carbonyl (C=O) groups is 1. The molecule has 0 unspecified atom stereocenters. The average molecular weight is 379 g/mol. The molecular weight excluding hydrogens is 359 g/mol. The Hall–Kier alpha value is -2.16. The van der Waals surface area contributed by atoms with Gasteiger partial charge in [0, 0.05) is 12.4 Å². The number of hydrogen-bond donors (Lipinski definition) is 1. The smallest absolute Gasteiger partial charge is 0.229 e. The molecule has 25 heavy (non-hydrogen) atoms. The van der Waals surface area contributed by atoms with Gasteiger partial charge in [0.2, 0.25) is 5.91 Å². The zero-order valence-corrected chi connectivity index (χ0v) is 16.1. The van der Waals surface area contributed by atoms with Crippen molar-refractivity contribution >= 4 is 29.1 Å². The maximum absolute atomic E-state index is 11.1. The lowest BCUT2D eigenvalue weighted by molar-refractivity contribution is -0.122. The molecule has 0 aliphatic carbocycles. The Kier molecular flexibility index (Phi) is 6.92. The van der Waals surface area contributed by atoms with E-state index in [1.165, 1.54) is 0 Å². The topological polar surface area (TPSA) is 92.7 Å². The molecule has 0 radical (unpaired) electrons. The molecule has 132 valence electrons. The molecule has 7 heteroatoms. The average Bonchev–Trinajstić information content (AvgIpc) is 2.55. The molecule has 2 N–H and O–H groups in total. The van der Waals surface area contributed by atoms with Crippen molar-refractivity contribution < 1.29 is 4.79 Å². The van der Waals surface area contributed by atoms with E-state index in [2.05, 4.69) is 16.0 Å². The molecule has 0 saturated heterocycles. The Morgan fingerprint density at radius 1 is 1.04 bits per heavy atom. The minimum Gasteiger partial charge on any atom is -0.369 e. The first-order valence-electron chi connectivity index (χ1n) is 7.47. The van der Waals surface area contributed by atoms with Crippen LogP contribution in [0.25, 0.3) is 0 Å². The Morgan fingerprint density at radius 3 is 1.84 bits per heavy atom. The van der Waals surface area contributed by atoms with E-state index in [9.17, 15) is 4.79 Å². The largest absolute Gasteiger partial charge is 0.369 e. The first-order valence-corrected chi connectivity index (χ1v) is 8.22. The predicted octanol–water partition coefficient (Wildman–Crippen LogP) is 4.03. The fourth-order valence-corrected chi connectivity index (χ4v) is 2.58. The summed E-state index contributed by atoms with van der Waals surface area (Å²) in [5.74, 6) is -0.437. The van der Waals surface area contributed by atoms with Crippen LogP contribution >= 0.6 is 23.2 Å². The van der Waals surface area contributed by atoms with Crippen molar-refractivity contribution in [2.24, 2.45) is 5.73 Å². The second kappa shape index (κ2) is 8.28. The number of nitriles is 1. The second-order valence-electron chi connectivity index (χ2n) is 6.39. The van der Waals surface area contributed by atoms with Gasteiger partial charge in [-0.15, -0.1) is 0 Å². The maximum Gasteiger partial charge on any atom is 0.229 e. The van der Waals surface area contributed by atoms with Crippen LogP contribution in [0.4, 0.5) is 0 Å². The SMILES string of the molecule is CC(C)(C#N)c1ncccc1Cl.CC(C)(C(N)=O)c1ncccc1Cl. The van der Waals surface area contributed by atoms with Crippen molar-refractivity contribution in [2.75, 3.05) is 0 Å². The number of amides is 1. The number of nitrogens with zero attached hydrogens (tertiary/aromatic N) is 3. The Balaban J connectivity index is 0.000000251. The van der Waals surface area contributed by atoms with Gasteiger partial charge in [-0.05, 0) is 52.0 Å². The van der Waals surface area contributed by atoms with E-state index in [0.717, 1.165) is 0 Å². The molecule has 0 aliphatic rings. The summed E-state index contributed by atoms with van der Waals surface area (Å²) in [7, 11) is 0.